The van der Waals surface area contributed by atoms with E-state index in [1.807, 2.05) is 24.3 Å². The van der Waals surface area contributed by atoms with E-state index in [1.165, 1.54) is 5.69 Å². The molecule has 0 radical (unpaired) electrons. The Bertz CT molecular complexity index is 494. The monoisotopic (exact) mass is 274 g/mol. The van der Waals surface area contributed by atoms with Crippen molar-refractivity contribution in [1.82, 2.24) is 5.32 Å². The van der Waals surface area contributed by atoms with Crippen LogP contribution >= 0.6 is 0 Å². The van der Waals surface area contributed by atoms with E-state index >= 15 is 0 Å². The highest BCUT2D eigenvalue weighted by Gasteiger charge is 2.07. The van der Waals surface area contributed by atoms with Gasteiger partial charge in [-0.25, -0.2) is 0 Å². The van der Waals surface area contributed by atoms with Crippen LogP contribution in [0.2, 0.25) is 0 Å². The fraction of sp³-hybridized carbons (Fsp3) is 0.375. The third-order valence-corrected chi connectivity index (χ3v) is 3.38. The van der Waals surface area contributed by atoms with Gasteiger partial charge in [0.1, 0.15) is 11.5 Å². The minimum Gasteiger partial charge on any atom is -0.497 e. The molecular weight excluding hydrogens is 252 g/mol. The lowest BCUT2D eigenvalue weighted by Gasteiger charge is -2.21. The predicted molar refractivity (Wildman–Crippen MR) is 81.4 cm³/mol. The zero-order valence-corrected chi connectivity index (χ0v) is 12.3. The number of methoxy groups -OCH3 is 1. The van der Waals surface area contributed by atoms with Crippen LogP contribution in [0.1, 0.15) is 18.7 Å². The molecule has 4 nitrogen and oxygen atoms in total. The summed E-state index contributed by atoms with van der Waals surface area (Å²) in [7, 11) is 3.76. The first-order valence-electron chi connectivity index (χ1n) is 6.82. The number of ether oxygens (including phenoxy) is 1. The van der Waals surface area contributed by atoms with E-state index < -0.39 is 0 Å². The Morgan fingerprint density at radius 3 is 2.60 bits per heavy atom. The van der Waals surface area contributed by atoms with Crippen LogP contribution in [0, 0.1) is 0 Å². The molecule has 0 spiro atoms. The number of furan rings is 1. The molecule has 0 bridgehead atoms. The second kappa shape index (κ2) is 7.01. The Hall–Kier alpha value is -1.94. The summed E-state index contributed by atoms with van der Waals surface area (Å²) in [5.74, 6) is 1.85. The van der Waals surface area contributed by atoms with Crippen molar-refractivity contribution in [3.05, 3.63) is 48.4 Å². The van der Waals surface area contributed by atoms with E-state index in [9.17, 15) is 0 Å². The van der Waals surface area contributed by atoms with Crippen molar-refractivity contribution in [2.24, 2.45) is 0 Å². The van der Waals surface area contributed by atoms with Gasteiger partial charge in [-0.15, -0.1) is 0 Å². The van der Waals surface area contributed by atoms with E-state index in [-0.39, 0.29) is 6.04 Å². The van der Waals surface area contributed by atoms with Crippen molar-refractivity contribution in [2.45, 2.75) is 13.0 Å². The summed E-state index contributed by atoms with van der Waals surface area (Å²) in [6, 6.07) is 12.2. The van der Waals surface area contributed by atoms with Gasteiger partial charge in [-0.1, -0.05) is 0 Å². The van der Waals surface area contributed by atoms with Gasteiger partial charge in [0.25, 0.3) is 0 Å². The molecular formula is C16H22N2O2. The average Bonchev–Trinajstić information content (AvgIpc) is 3.01. The Labute approximate surface area is 120 Å². The average molecular weight is 274 g/mol. The number of hydrogen-bond donors (Lipinski definition) is 1. The molecule has 0 aliphatic carbocycles. The molecule has 0 saturated carbocycles. The lowest BCUT2D eigenvalue weighted by Crippen LogP contribution is -2.30. The van der Waals surface area contributed by atoms with Crippen molar-refractivity contribution >= 4 is 5.69 Å². The number of benzene rings is 1. The number of rotatable bonds is 7. The maximum Gasteiger partial charge on any atom is 0.120 e. The molecule has 20 heavy (non-hydrogen) atoms. The fourth-order valence-electron chi connectivity index (χ4n) is 2.05. The van der Waals surface area contributed by atoms with E-state index in [1.54, 1.807) is 13.4 Å². The molecule has 1 unspecified atom stereocenters. The van der Waals surface area contributed by atoms with Crippen LogP contribution in [0.25, 0.3) is 0 Å². The third-order valence-electron chi connectivity index (χ3n) is 3.38. The summed E-state index contributed by atoms with van der Waals surface area (Å²) in [5.41, 5.74) is 1.18. The Kier molecular flexibility index (Phi) is 5.07. The summed E-state index contributed by atoms with van der Waals surface area (Å²) in [6.45, 7) is 3.92. The summed E-state index contributed by atoms with van der Waals surface area (Å²) in [5, 5.41) is 3.45. The van der Waals surface area contributed by atoms with Crippen molar-refractivity contribution in [3.8, 4) is 5.75 Å². The molecule has 1 heterocycles. The van der Waals surface area contributed by atoms with Crippen LogP contribution in [0.5, 0.6) is 5.75 Å². The topological polar surface area (TPSA) is 37.6 Å². The van der Waals surface area contributed by atoms with Gasteiger partial charge in [0, 0.05) is 25.8 Å². The highest BCUT2D eigenvalue weighted by molar-refractivity contribution is 5.48. The predicted octanol–water partition coefficient (Wildman–Crippen LogP) is 3.08. The van der Waals surface area contributed by atoms with Gasteiger partial charge in [-0.05, 0) is 43.3 Å². The minimum atomic E-state index is 0.231. The lowest BCUT2D eigenvalue weighted by molar-refractivity contribution is 0.415. The van der Waals surface area contributed by atoms with Crippen LogP contribution in [-0.4, -0.2) is 27.2 Å². The number of likely N-dealkylation sites (N-methyl/N-ethyl adjacent to an activating group) is 1. The standard InChI is InChI=1S/C16H22N2O2/c1-13(16-5-4-12-20-16)17-10-11-18(2)14-6-8-15(19-3)9-7-14/h4-9,12-13,17H,10-11H2,1-3H3. The second-order valence-corrected chi connectivity index (χ2v) is 4.81. The summed E-state index contributed by atoms with van der Waals surface area (Å²) >= 11 is 0. The molecule has 1 aromatic carbocycles. The van der Waals surface area contributed by atoms with Crippen molar-refractivity contribution in [1.29, 1.82) is 0 Å². The molecule has 0 fully saturated rings. The highest BCUT2D eigenvalue weighted by Crippen LogP contribution is 2.18. The Balaban J connectivity index is 1.78. The van der Waals surface area contributed by atoms with Crippen molar-refractivity contribution in [2.75, 3.05) is 32.1 Å². The molecule has 4 heteroatoms. The first kappa shape index (κ1) is 14.5. The first-order valence-corrected chi connectivity index (χ1v) is 6.82. The van der Waals surface area contributed by atoms with E-state index in [0.717, 1.165) is 24.6 Å². The summed E-state index contributed by atoms with van der Waals surface area (Å²) in [6.07, 6.45) is 1.71. The van der Waals surface area contributed by atoms with Gasteiger partial charge in [0.05, 0.1) is 19.4 Å². The molecule has 0 saturated heterocycles. The smallest absolute Gasteiger partial charge is 0.120 e. The zero-order chi connectivity index (χ0) is 14.4. The number of anilines is 1. The number of nitrogens with one attached hydrogen (secondary N) is 1. The molecule has 108 valence electrons. The van der Waals surface area contributed by atoms with E-state index in [0.29, 0.717) is 0 Å². The molecule has 0 aliphatic rings. The minimum absolute atomic E-state index is 0.231. The number of nitrogens with zero attached hydrogens (tertiary/aromatic N) is 1. The Morgan fingerprint density at radius 2 is 2.00 bits per heavy atom. The summed E-state index contributed by atoms with van der Waals surface area (Å²) in [4.78, 5) is 2.21. The van der Waals surface area contributed by atoms with Crippen LogP contribution in [0.4, 0.5) is 5.69 Å². The normalized spacial score (nSPS) is 12.2. The molecule has 1 atom stereocenters. The third kappa shape index (κ3) is 3.78. The maximum absolute atomic E-state index is 5.37. The van der Waals surface area contributed by atoms with Crippen molar-refractivity contribution in [3.63, 3.8) is 0 Å². The quantitative estimate of drug-likeness (QED) is 0.842. The Morgan fingerprint density at radius 1 is 1.25 bits per heavy atom. The van der Waals surface area contributed by atoms with Crippen LogP contribution < -0.4 is 15.0 Å². The molecule has 2 rings (SSSR count). The van der Waals surface area contributed by atoms with Crippen LogP contribution in [0.15, 0.2) is 47.1 Å². The SMILES string of the molecule is COc1ccc(N(C)CCNC(C)c2ccco2)cc1. The van der Waals surface area contributed by atoms with Gasteiger partial charge < -0.3 is 19.4 Å². The van der Waals surface area contributed by atoms with Gasteiger partial charge in [-0.2, -0.15) is 0 Å². The summed E-state index contributed by atoms with van der Waals surface area (Å²) < 4.78 is 10.5. The number of hydrogen-bond acceptors (Lipinski definition) is 4. The highest BCUT2D eigenvalue weighted by atomic mass is 16.5. The molecule has 0 amide bonds. The van der Waals surface area contributed by atoms with E-state index in [4.69, 9.17) is 9.15 Å². The first-order chi connectivity index (χ1) is 9.70. The largest absolute Gasteiger partial charge is 0.497 e. The van der Waals surface area contributed by atoms with Crippen LogP contribution in [0.3, 0.4) is 0 Å². The van der Waals surface area contributed by atoms with Crippen LogP contribution in [-0.2, 0) is 0 Å². The van der Waals surface area contributed by atoms with Gasteiger partial charge in [0.2, 0.25) is 0 Å². The van der Waals surface area contributed by atoms with Gasteiger partial charge in [0.15, 0.2) is 0 Å². The maximum atomic E-state index is 5.37. The van der Waals surface area contributed by atoms with E-state index in [2.05, 4.69) is 36.3 Å². The molecule has 0 aliphatic heterocycles. The fourth-order valence-corrected chi connectivity index (χ4v) is 2.05. The lowest BCUT2D eigenvalue weighted by atomic mass is 10.2. The molecule has 1 N–H and O–H groups in total. The molecule has 2 aromatic rings. The van der Waals surface area contributed by atoms with Gasteiger partial charge >= 0.3 is 0 Å². The van der Waals surface area contributed by atoms with Crippen molar-refractivity contribution < 1.29 is 9.15 Å². The molecule has 1 aromatic heterocycles. The zero-order valence-electron chi connectivity index (χ0n) is 12.3. The second-order valence-electron chi connectivity index (χ2n) is 4.81. The van der Waals surface area contributed by atoms with Gasteiger partial charge in [-0.3, -0.25) is 0 Å².